The third-order valence-corrected chi connectivity index (χ3v) is 15.1. The molecule has 0 spiro atoms. The van der Waals surface area contributed by atoms with Gasteiger partial charge in [0.1, 0.15) is 35.5 Å². The van der Waals surface area contributed by atoms with Crippen molar-refractivity contribution in [1.29, 1.82) is 0 Å². The van der Waals surface area contributed by atoms with Gasteiger partial charge in [0, 0.05) is 6.54 Å². The van der Waals surface area contributed by atoms with E-state index >= 15 is 0 Å². The predicted molar refractivity (Wildman–Crippen MR) is 248 cm³/mol. The monoisotopic (exact) mass is 760 g/mol. The molecule has 5 rings (SSSR count). The summed E-state index contributed by atoms with van der Waals surface area (Å²) in [6, 6.07) is 53.6. The summed E-state index contributed by atoms with van der Waals surface area (Å²) in [5.74, 6) is 0.904. The van der Waals surface area contributed by atoms with Crippen LogP contribution < -0.4 is 20.7 Å². The van der Waals surface area contributed by atoms with E-state index in [2.05, 4.69) is 196 Å². The van der Waals surface area contributed by atoms with E-state index in [1.807, 2.05) is 6.08 Å². The van der Waals surface area contributed by atoms with Crippen LogP contribution in [-0.4, -0.2) is 38.3 Å². The molecule has 0 aliphatic rings. The number of hydrogen-bond acceptors (Lipinski definition) is 2. The topological polar surface area (TPSA) is 12.5 Å². The summed E-state index contributed by atoms with van der Waals surface area (Å²) in [6.07, 6.45) is 20.7. The lowest BCUT2D eigenvalue weighted by molar-refractivity contribution is 0.261. The van der Waals surface area contributed by atoms with Gasteiger partial charge in [-0.1, -0.05) is 160 Å². The number of nitrogens with zero attached hydrogens (tertiary/aromatic N) is 1. The van der Waals surface area contributed by atoms with Crippen molar-refractivity contribution in [3.63, 3.8) is 0 Å². The van der Waals surface area contributed by atoms with E-state index in [0.29, 0.717) is 6.61 Å². The van der Waals surface area contributed by atoms with Gasteiger partial charge in [0.15, 0.2) is 0 Å². The summed E-state index contributed by atoms with van der Waals surface area (Å²) in [7, 11) is 2.40. The molecule has 0 aromatic heterocycles. The molecule has 0 atom stereocenters. The Labute approximate surface area is 339 Å². The van der Waals surface area contributed by atoms with Crippen molar-refractivity contribution >= 4 is 34.3 Å². The van der Waals surface area contributed by atoms with Gasteiger partial charge in [0.05, 0.1) is 6.16 Å². The first-order valence-electron chi connectivity index (χ1n) is 20.7. The highest BCUT2D eigenvalue weighted by atomic mass is 31.2. The van der Waals surface area contributed by atoms with Gasteiger partial charge in [-0.15, -0.1) is 0 Å². The first-order chi connectivity index (χ1) is 27.6. The molecule has 0 fully saturated rings. The SMILES string of the molecule is C=C/C=C(\C=C/C)C(=C(\CCCCCCCCCC[P+](c1ccccc1)(c1ccccc1)c1ccccc1)c1ccccc1)/c1ccc(OCCN(C)C)cc1. The van der Waals surface area contributed by atoms with E-state index in [9.17, 15) is 0 Å². The quantitative estimate of drug-likeness (QED) is 0.0285. The molecule has 0 aliphatic carbocycles. The second-order valence-corrected chi connectivity index (χ2v) is 18.5. The number of unbranched alkanes of at least 4 members (excludes halogenated alkanes) is 7. The first kappa shape index (κ1) is 42.4. The van der Waals surface area contributed by atoms with E-state index in [4.69, 9.17) is 4.74 Å². The minimum Gasteiger partial charge on any atom is -0.492 e. The second kappa shape index (κ2) is 23.3. The lowest BCUT2D eigenvalue weighted by Gasteiger charge is -2.27. The molecule has 0 saturated carbocycles. The van der Waals surface area contributed by atoms with Crippen molar-refractivity contribution in [3.05, 3.63) is 193 Å². The van der Waals surface area contributed by atoms with Crippen molar-refractivity contribution in [2.45, 2.75) is 64.7 Å². The summed E-state index contributed by atoms with van der Waals surface area (Å²) >= 11 is 0. The van der Waals surface area contributed by atoms with Crippen molar-refractivity contribution in [1.82, 2.24) is 4.90 Å². The van der Waals surface area contributed by atoms with Crippen LogP contribution in [-0.2, 0) is 0 Å². The molecule has 0 unspecified atom stereocenters. The number of benzene rings is 5. The van der Waals surface area contributed by atoms with Gasteiger partial charge in [-0.05, 0) is 123 Å². The van der Waals surface area contributed by atoms with E-state index in [0.717, 1.165) is 25.1 Å². The lowest BCUT2D eigenvalue weighted by Crippen LogP contribution is -2.33. The normalized spacial score (nSPS) is 12.5. The van der Waals surface area contributed by atoms with Crippen molar-refractivity contribution < 1.29 is 4.74 Å². The largest absolute Gasteiger partial charge is 0.492 e. The number of likely N-dealkylation sites (N-methyl/N-ethyl adjacent to an activating group) is 1. The third kappa shape index (κ3) is 12.1. The van der Waals surface area contributed by atoms with Gasteiger partial charge in [-0.25, -0.2) is 0 Å². The zero-order chi connectivity index (χ0) is 39.3. The minimum atomic E-state index is -1.74. The fourth-order valence-corrected chi connectivity index (χ4v) is 12.2. The maximum atomic E-state index is 6.05. The molecule has 0 amide bonds. The molecule has 0 heterocycles. The van der Waals surface area contributed by atoms with Crippen LogP contribution in [0.5, 0.6) is 5.75 Å². The standard InChI is InChI=1S/C53H63NOP/c1-5-27-46(28-6-2)53(47-38-40-48(41-39-47)55-43-42-54(3)4)52(45-29-17-13-18-30-45)37-25-11-9-7-8-10-12-26-44-56(49-31-19-14-20-32-49,50-33-21-15-22-34-50)51-35-23-16-24-36-51/h5-6,13-24,27-36,38-41H,1,7-12,25-26,37,42-44H2,2-4H3/q+1/b28-6-,46-27+,53-52-. The van der Waals surface area contributed by atoms with E-state index in [-0.39, 0.29) is 0 Å². The molecule has 5 aromatic rings. The predicted octanol–water partition coefficient (Wildman–Crippen LogP) is 12.7. The number of rotatable bonds is 23. The Hall–Kier alpha value is -4.75. The van der Waals surface area contributed by atoms with Crippen molar-refractivity contribution in [2.75, 3.05) is 33.4 Å². The van der Waals surface area contributed by atoms with Crippen LogP contribution in [0.1, 0.15) is 75.8 Å². The summed E-state index contributed by atoms with van der Waals surface area (Å²) in [6.45, 7) is 7.72. The molecular weight excluding hydrogens is 698 g/mol. The van der Waals surface area contributed by atoms with Crippen molar-refractivity contribution in [3.8, 4) is 5.75 Å². The summed E-state index contributed by atoms with van der Waals surface area (Å²) in [4.78, 5) is 2.14. The van der Waals surface area contributed by atoms with Gasteiger partial charge >= 0.3 is 0 Å². The molecule has 290 valence electrons. The maximum absolute atomic E-state index is 6.05. The van der Waals surface area contributed by atoms with Gasteiger partial charge in [-0.2, -0.15) is 0 Å². The zero-order valence-electron chi connectivity index (χ0n) is 34.2. The van der Waals surface area contributed by atoms with Crippen LogP contribution in [0.15, 0.2) is 182 Å². The maximum Gasteiger partial charge on any atom is 0.119 e. The molecule has 0 radical (unpaired) electrons. The summed E-state index contributed by atoms with van der Waals surface area (Å²) in [5, 5.41) is 4.47. The highest BCUT2D eigenvalue weighted by Crippen LogP contribution is 2.56. The van der Waals surface area contributed by atoms with Gasteiger partial charge < -0.3 is 9.64 Å². The van der Waals surface area contributed by atoms with Gasteiger partial charge in [0.25, 0.3) is 0 Å². The first-order valence-corrected chi connectivity index (χ1v) is 22.7. The molecular formula is C53H63NOP+. The zero-order valence-corrected chi connectivity index (χ0v) is 35.1. The van der Waals surface area contributed by atoms with Crippen LogP contribution in [0.2, 0.25) is 0 Å². The van der Waals surface area contributed by atoms with Crippen LogP contribution in [0.3, 0.4) is 0 Å². The Morgan fingerprint density at radius 2 is 1.07 bits per heavy atom. The van der Waals surface area contributed by atoms with Crippen LogP contribution in [0.25, 0.3) is 11.1 Å². The summed E-state index contributed by atoms with van der Waals surface area (Å²) in [5.41, 5.74) is 6.33. The molecule has 0 aliphatic heterocycles. The fourth-order valence-electron chi connectivity index (χ4n) is 7.75. The Bertz CT molecular complexity index is 1850. The molecule has 0 N–H and O–H groups in total. The van der Waals surface area contributed by atoms with E-state index in [1.54, 1.807) is 0 Å². The lowest BCUT2D eigenvalue weighted by atomic mass is 9.86. The molecule has 2 nitrogen and oxygen atoms in total. The number of ether oxygens (including phenoxy) is 1. The smallest absolute Gasteiger partial charge is 0.119 e. The molecule has 56 heavy (non-hydrogen) atoms. The Balaban J connectivity index is 1.21. The average molecular weight is 761 g/mol. The van der Waals surface area contributed by atoms with E-state index < -0.39 is 7.26 Å². The van der Waals surface area contributed by atoms with Crippen molar-refractivity contribution in [2.24, 2.45) is 0 Å². The Morgan fingerprint density at radius 3 is 1.55 bits per heavy atom. The van der Waals surface area contributed by atoms with Crippen LogP contribution in [0.4, 0.5) is 0 Å². The van der Waals surface area contributed by atoms with Crippen LogP contribution in [0, 0.1) is 0 Å². The second-order valence-electron chi connectivity index (χ2n) is 14.9. The fraction of sp³-hybridized carbons (Fsp3) is 0.283. The minimum absolute atomic E-state index is 0.670. The number of allylic oxidation sites excluding steroid dienone is 7. The molecule has 5 aromatic carbocycles. The van der Waals surface area contributed by atoms with E-state index in [1.165, 1.54) is 94.9 Å². The van der Waals surface area contributed by atoms with Crippen LogP contribution >= 0.6 is 7.26 Å². The molecule has 0 bridgehead atoms. The highest BCUT2D eigenvalue weighted by Gasteiger charge is 2.44. The molecule has 0 saturated heterocycles. The average Bonchev–Trinajstić information content (AvgIpc) is 3.24. The van der Waals surface area contributed by atoms with Gasteiger partial charge in [0.2, 0.25) is 0 Å². The Morgan fingerprint density at radius 1 is 0.589 bits per heavy atom. The molecule has 3 heteroatoms. The van der Waals surface area contributed by atoms with Gasteiger partial charge in [-0.3, -0.25) is 0 Å². The number of hydrogen-bond donors (Lipinski definition) is 0. The third-order valence-electron chi connectivity index (χ3n) is 10.6. The highest BCUT2D eigenvalue weighted by molar-refractivity contribution is 7.95. The summed E-state index contributed by atoms with van der Waals surface area (Å²) < 4.78 is 6.05. The Kier molecular flexibility index (Phi) is 17.7.